The first-order valence-corrected chi connectivity index (χ1v) is 11.2. The minimum Gasteiger partial charge on any atom is -0.491 e. The van der Waals surface area contributed by atoms with Gasteiger partial charge in [0.15, 0.2) is 5.69 Å². The fourth-order valence-corrected chi connectivity index (χ4v) is 3.96. The first-order chi connectivity index (χ1) is 16.1. The fraction of sp³-hybridized carbons (Fsp3) is 0.500. The summed E-state index contributed by atoms with van der Waals surface area (Å²) in [4.78, 5) is 41.4. The van der Waals surface area contributed by atoms with E-state index in [0.29, 0.717) is 35.9 Å². The number of rotatable bonds is 3. The Labute approximate surface area is 199 Å². The number of carbonyl (C=O) groups excluding carboxylic acids is 3. The first kappa shape index (κ1) is 25.2. The van der Waals surface area contributed by atoms with E-state index in [0.717, 1.165) is 0 Å². The van der Waals surface area contributed by atoms with E-state index < -0.39 is 5.91 Å². The van der Waals surface area contributed by atoms with E-state index in [4.69, 9.17) is 14.0 Å². The number of ether oxygens (including phenoxy) is 2. The van der Waals surface area contributed by atoms with Crippen molar-refractivity contribution in [1.82, 2.24) is 15.0 Å². The van der Waals surface area contributed by atoms with E-state index in [1.54, 1.807) is 49.1 Å². The number of benzene rings is 1. The van der Waals surface area contributed by atoms with Gasteiger partial charge < -0.3 is 29.1 Å². The van der Waals surface area contributed by atoms with Crippen molar-refractivity contribution in [2.75, 3.05) is 39.2 Å². The molecule has 2 heterocycles. The van der Waals surface area contributed by atoms with Crippen molar-refractivity contribution < 1.29 is 28.4 Å². The maximum Gasteiger partial charge on any atom is 0.277 e. The molecule has 3 rings (SSSR count). The third kappa shape index (κ3) is 5.74. The van der Waals surface area contributed by atoms with Gasteiger partial charge in [0.05, 0.1) is 17.7 Å². The second kappa shape index (κ2) is 10.7. The summed E-state index contributed by atoms with van der Waals surface area (Å²) in [6.07, 6.45) is -0.253. The smallest absolute Gasteiger partial charge is 0.277 e. The number of nitrogens with zero attached hydrogens (tertiary/aromatic N) is 3. The van der Waals surface area contributed by atoms with Gasteiger partial charge in [-0.05, 0) is 26.0 Å². The minimum absolute atomic E-state index is 0.00301. The second-order valence-corrected chi connectivity index (χ2v) is 8.76. The van der Waals surface area contributed by atoms with Gasteiger partial charge in [-0.3, -0.25) is 14.4 Å². The van der Waals surface area contributed by atoms with Crippen molar-refractivity contribution in [2.24, 2.45) is 5.92 Å². The summed E-state index contributed by atoms with van der Waals surface area (Å²) in [6, 6.07) is 6.13. The van der Waals surface area contributed by atoms with Gasteiger partial charge in [-0.15, -0.1) is 0 Å². The summed E-state index contributed by atoms with van der Waals surface area (Å²) in [5.74, 6) is 0.0928. The van der Waals surface area contributed by atoms with Gasteiger partial charge in [0.1, 0.15) is 18.1 Å². The fourth-order valence-electron chi connectivity index (χ4n) is 3.96. The number of amides is 3. The molecule has 1 aromatic heterocycles. The summed E-state index contributed by atoms with van der Waals surface area (Å²) in [5, 5.41) is 6.46. The number of aryl methyl sites for hydroxylation is 1. The number of methoxy groups -OCH3 is 1. The summed E-state index contributed by atoms with van der Waals surface area (Å²) in [6.45, 7) is 8.12. The topological polar surface area (TPSA) is 114 Å². The van der Waals surface area contributed by atoms with E-state index >= 15 is 0 Å². The van der Waals surface area contributed by atoms with Crippen LogP contribution in [0.4, 0.5) is 5.69 Å². The van der Waals surface area contributed by atoms with Crippen LogP contribution in [-0.4, -0.2) is 78.7 Å². The third-order valence-electron chi connectivity index (χ3n) is 5.97. The first-order valence-electron chi connectivity index (χ1n) is 11.2. The summed E-state index contributed by atoms with van der Waals surface area (Å²) < 4.78 is 16.7. The molecule has 0 radical (unpaired) electrons. The molecule has 1 aromatic carbocycles. The van der Waals surface area contributed by atoms with Crippen molar-refractivity contribution in [3.05, 3.63) is 41.3 Å². The Morgan fingerprint density at radius 3 is 2.56 bits per heavy atom. The maximum atomic E-state index is 13.2. The Hall–Kier alpha value is -3.40. The zero-order chi connectivity index (χ0) is 25.0. The highest BCUT2D eigenvalue weighted by Gasteiger charge is 2.29. The molecule has 3 amide bonds. The number of aromatic nitrogens is 1. The number of anilines is 1. The highest BCUT2D eigenvalue weighted by molar-refractivity contribution is 6.03. The molecule has 10 heteroatoms. The Bertz CT molecular complexity index is 1050. The molecule has 1 N–H and O–H groups in total. The molecule has 0 fully saturated rings. The Morgan fingerprint density at radius 2 is 1.94 bits per heavy atom. The SMILES string of the molecule is CO[C@@H]1CN(C)C(=O)c2ccc(NC(=O)c3cc(C)on3)cc2OC[C@H](C)N(C(C)=O)C[C@H]1C. The lowest BCUT2D eigenvalue weighted by Gasteiger charge is -2.35. The number of carbonyl (C=O) groups is 3. The van der Waals surface area contributed by atoms with Crippen LogP contribution in [0.5, 0.6) is 5.75 Å². The molecule has 184 valence electrons. The molecule has 0 saturated heterocycles. The quantitative estimate of drug-likeness (QED) is 0.730. The summed E-state index contributed by atoms with van der Waals surface area (Å²) in [5.41, 5.74) is 0.932. The predicted octanol–water partition coefficient (Wildman–Crippen LogP) is 2.59. The van der Waals surface area contributed by atoms with Gasteiger partial charge in [0.25, 0.3) is 11.8 Å². The predicted molar refractivity (Wildman–Crippen MR) is 125 cm³/mol. The molecule has 0 bridgehead atoms. The molecule has 0 spiro atoms. The molecule has 10 nitrogen and oxygen atoms in total. The molecule has 0 saturated carbocycles. The van der Waals surface area contributed by atoms with Crippen molar-refractivity contribution in [1.29, 1.82) is 0 Å². The van der Waals surface area contributed by atoms with Crippen molar-refractivity contribution in [3.63, 3.8) is 0 Å². The normalized spacial score (nSPS) is 21.7. The standard InChI is InChI=1S/C24H32N4O6/c1-14-11-28(17(4)29)15(2)13-33-21-10-18(25-23(30)20-9-16(3)34-26-20)7-8-19(21)24(31)27(5)12-22(14)32-6/h7-10,14-15,22H,11-13H2,1-6H3,(H,25,30)/t14-,15+,22-/m1/s1. The van der Waals surface area contributed by atoms with Gasteiger partial charge in [-0.1, -0.05) is 12.1 Å². The van der Waals surface area contributed by atoms with Crippen LogP contribution < -0.4 is 10.1 Å². The zero-order valence-corrected chi connectivity index (χ0v) is 20.5. The maximum absolute atomic E-state index is 13.2. The third-order valence-corrected chi connectivity index (χ3v) is 5.97. The Balaban J connectivity index is 1.93. The molecule has 0 unspecified atom stereocenters. The average molecular weight is 473 g/mol. The van der Waals surface area contributed by atoms with Gasteiger partial charge in [-0.25, -0.2) is 0 Å². The van der Waals surface area contributed by atoms with Crippen LogP contribution in [0.15, 0.2) is 28.8 Å². The van der Waals surface area contributed by atoms with Crippen LogP contribution >= 0.6 is 0 Å². The Morgan fingerprint density at radius 1 is 1.21 bits per heavy atom. The summed E-state index contributed by atoms with van der Waals surface area (Å²) >= 11 is 0. The molecule has 0 aliphatic carbocycles. The van der Waals surface area contributed by atoms with Gasteiger partial charge in [-0.2, -0.15) is 0 Å². The molecular weight excluding hydrogens is 440 g/mol. The van der Waals surface area contributed by atoms with E-state index in [-0.39, 0.29) is 42.2 Å². The van der Waals surface area contributed by atoms with Crippen LogP contribution in [0, 0.1) is 12.8 Å². The minimum atomic E-state index is -0.443. The van der Waals surface area contributed by atoms with E-state index in [1.165, 1.54) is 13.0 Å². The number of hydrogen-bond donors (Lipinski definition) is 1. The van der Waals surface area contributed by atoms with Crippen LogP contribution in [0.1, 0.15) is 47.4 Å². The molecule has 1 aliphatic heterocycles. The second-order valence-electron chi connectivity index (χ2n) is 8.76. The van der Waals surface area contributed by atoms with E-state index in [1.807, 2.05) is 13.8 Å². The molecule has 1 aliphatic rings. The number of nitrogens with one attached hydrogen (secondary N) is 1. The van der Waals surface area contributed by atoms with Gasteiger partial charge in [0.2, 0.25) is 5.91 Å². The monoisotopic (exact) mass is 472 g/mol. The van der Waals surface area contributed by atoms with Crippen molar-refractivity contribution in [2.45, 2.75) is 39.8 Å². The van der Waals surface area contributed by atoms with Gasteiger partial charge in [0, 0.05) is 57.9 Å². The largest absolute Gasteiger partial charge is 0.491 e. The lowest BCUT2D eigenvalue weighted by Crippen LogP contribution is -2.48. The van der Waals surface area contributed by atoms with Crippen molar-refractivity contribution >= 4 is 23.4 Å². The molecule has 3 atom stereocenters. The lowest BCUT2D eigenvalue weighted by atomic mass is 10.0. The highest BCUT2D eigenvalue weighted by Crippen LogP contribution is 2.27. The molecule has 34 heavy (non-hydrogen) atoms. The Kier molecular flexibility index (Phi) is 7.93. The van der Waals surface area contributed by atoms with E-state index in [9.17, 15) is 14.4 Å². The zero-order valence-electron chi connectivity index (χ0n) is 20.5. The van der Waals surface area contributed by atoms with E-state index in [2.05, 4.69) is 10.5 Å². The number of fused-ring (bicyclic) bond motifs is 1. The van der Waals surface area contributed by atoms with Crippen LogP contribution in [0.2, 0.25) is 0 Å². The van der Waals surface area contributed by atoms with Crippen molar-refractivity contribution in [3.8, 4) is 5.75 Å². The highest BCUT2D eigenvalue weighted by atomic mass is 16.5. The number of likely N-dealkylation sites (N-methyl/N-ethyl adjacent to an activating group) is 1. The molecular formula is C24H32N4O6. The lowest BCUT2D eigenvalue weighted by molar-refractivity contribution is -0.133. The number of hydrogen-bond acceptors (Lipinski definition) is 7. The average Bonchev–Trinajstić information content (AvgIpc) is 3.24. The summed E-state index contributed by atoms with van der Waals surface area (Å²) in [7, 11) is 3.31. The van der Waals surface area contributed by atoms with Gasteiger partial charge >= 0.3 is 0 Å². The molecule has 2 aromatic rings. The van der Waals surface area contributed by atoms with Crippen LogP contribution in [-0.2, 0) is 9.53 Å². The van der Waals surface area contributed by atoms with Crippen LogP contribution in [0.25, 0.3) is 0 Å². The van der Waals surface area contributed by atoms with Crippen LogP contribution in [0.3, 0.4) is 0 Å².